The van der Waals surface area contributed by atoms with Gasteiger partial charge in [-0.1, -0.05) is 25.9 Å². The van der Waals surface area contributed by atoms with Crippen molar-refractivity contribution in [3.63, 3.8) is 0 Å². The van der Waals surface area contributed by atoms with E-state index in [2.05, 4.69) is 25.9 Å². The average Bonchev–Trinajstić information content (AvgIpc) is 2.26. The molecule has 0 bridgehead atoms. The van der Waals surface area contributed by atoms with E-state index in [1.54, 1.807) is 0 Å². The van der Waals surface area contributed by atoms with Crippen molar-refractivity contribution >= 4 is 11.7 Å². The van der Waals surface area contributed by atoms with Crippen molar-refractivity contribution in [2.24, 2.45) is 22.2 Å². The molecule has 17 heavy (non-hydrogen) atoms. The van der Waals surface area contributed by atoms with E-state index in [1.165, 1.54) is 0 Å². The standard InChI is InChI=1S/C12H23N3O2/c1-12(2,3)7-10(16)15-6-4-5-9(8-15)11(13)14-17/h9,17H,4-8H2,1-3H3,(H2,13,14). The van der Waals surface area contributed by atoms with Gasteiger partial charge < -0.3 is 15.8 Å². The maximum absolute atomic E-state index is 12.1. The zero-order valence-corrected chi connectivity index (χ0v) is 10.9. The highest BCUT2D eigenvalue weighted by Gasteiger charge is 2.28. The first-order valence-corrected chi connectivity index (χ1v) is 6.08. The molecule has 5 heteroatoms. The van der Waals surface area contributed by atoms with Gasteiger partial charge in [0.2, 0.25) is 5.91 Å². The van der Waals surface area contributed by atoms with Crippen LogP contribution in [0, 0.1) is 11.3 Å². The second-order valence-electron chi connectivity index (χ2n) is 5.94. The van der Waals surface area contributed by atoms with E-state index in [1.807, 2.05) is 4.90 Å². The quantitative estimate of drug-likeness (QED) is 0.332. The third kappa shape index (κ3) is 4.24. The van der Waals surface area contributed by atoms with Gasteiger partial charge in [-0.25, -0.2) is 0 Å². The summed E-state index contributed by atoms with van der Waals surface area (Å²) in [4.78, 5) is 13.9. The summed E-state index contributed by atoms with van der Waals surface area (Å²) in [5.41, 5.74) is 5.60. The lowest BCUT2D eigenvalue weighted by atomic mass is 9.90. The van der Waals surface area contributed by atoms with Crippen LogP contribution in [0.3, 0.4) is 0 Å². The van der Waals surface area contributed by atoms with E-state index in [0.717, 1.165) is 19.4 Å². The molecule has 0 aromatic rings. The molecule has 1 aliphatic heterocycles. The molecular formula is C12H23N3O2. The minimum atomic E-state index is -0.00216. The predicted molar refractivity (Wildman–Crippen MR) is 66.8 cm³/mol. The molecule has 3 N–H and O–H groups in total. The largest absolute Gasteiger partial charge is 0.409 e. The molecule has 1 rings (SSSR count). The van der Waals surface area contributed by atoms with Gasteiger partial charge in [0.15, 0.2) is 0 Å². The van der Waals surface area contributed by atoms with E-state index in [9.17, 15) is 4.79 Å². The summed E-state index contributed by atoms with van der Waals surface area (Å²) in [7, 11) is 0. The Morgan fingerprint density at radius 3 is 2.71 bits per heavy atom. The van der Waals surface area contributed by atoms with E-state index < -0.39 is 0 Å². The van der Waals surface area contributed by atoms with Crippen LogP contribution in [0.1, 0.15) is 40.0 Å². The number of carbonyl (C=O) groups is 1. The Labute approximate surface area is 103 Å². The van der Waals surface area contributed by atoms with Crippen LogP contribution in [0.5, 0.6) is 0 Å². The van der Waals surface area contributed by atoms with Gasteiger partial charge in [0, 0.05) is 25.4 Å². The molecule has 1 unspecified atom stereocenters. The van der Waals surface area contributed by atoms with Gasteiger partial charge in [-0.2, -0.15) is 0 Å². The van der Waals surface area contributed by atoms with Crippen molar-refractivity contribution in [3.8, 4) is 0 Å². The van der Waals surface area contributed by atoms with Gasteiger partial charge in [0.1, 0.15) is 5.84 Å². The first-order chi connectivity index (χ1) is 7.83. The van der Waals surface area contributed by atoms with Crippen LogP contribution < -0.4 is 5.73 Å². The fourth-order valence-electron chi connectivity index (χ4n) is 2.09. The Kier molecular flexibility index (Phi) is 4.37. The molecule has 0 saturated carbocycles. The first kappa shape index (κ1) is 13.8. The number of nitrogens with zero attached hydrogens (tertiary/aromatic N) is 2. The second kappa shape index (κ2) is 5.38. The van der Waals surface area contributed by atoms with Gasteiger partial charge in [-0.05, 0) is 18.3 Å². The van der Waals surface area contributed by atoms with Crippen LogP contribution in [-0.2, 0) is 4.79 Å². The Hall–Kier alpha value is -1.26. The third-order valence-corrected chi connectivity index (χ3v) is 2.99. The Bertz CT molecular complexity index is 307. The minimum Gasteiger partial charge on any atom is -0.409 e. The zero-order valence-electron chi connectivity index (χ0n) is 10.9. The molecule has 1 saturated heterocycles. The van der Waals surface area contributed by atoms with Crippen molar-refractivity contribution in [2.45, 2.75) is 40.0 Å². The summed E-state index contributed by atoms with van der Waals surface area (Å²) in [5, 5.41) is 11.7. The summed E-state index contributed by atoms with van der Waals surface area (Å²) in [6, 6.07) is 0. The average molecular weight is 241 g/mol. The molecule has 98 valence electrons. The first-order valence-electron chi connectivity index (χ1n) is 6.08. The van der Waals surface area contributed by atoms with E-state index in [4.69, 9.17) is 10.9 Å². The highest BCUT2D eigenvalue weighted by molar-refractivity contribution is 5.84. The molecule has 0 aromatic heterocycles. The smallest absolute Gasteiger partial charge is 0.223 e. The lowest BCUT2D eigenvalue weighted by Gasteiger charge is -2.33. The van der Waals surface area contributed by atoms with Crippen LogP contribution in [0.2, 0.25) is 0 Å². The number of piperidine rings is 1. The Morgan fingerprint density at radius 1 is 1.53 bits per heavy atom. The normalized spacial score (nSPS) is 22.6. The minimum absolute atomic E-state index is 0.000635. The number of oxime groups is 1. The van der Waals surface area contributed by atoms with E-state index in [0.29, 0.717) is 13.0 Å². The number of amidine groups is 1. The van der Waals surface area contributed by atoms with E-state index >= 15 is 0 Å². The molecule has 1 fully saturated rings. The third-order valence-electron chi connectivity index (χ3n) is 2.99. The van der Waals surface area contributed by atoms with Crippen molar-refractivity contribution in [2.75, 3.05) is 13.1 Å². The summed E-state index contributed by atoms with van der Waals surface area (Å²) in [5.74, 6) is 0.392. The van der Waals surface area contributed by atoms with Crippen molar-refractivity contribution < 1.29 is 10.0 Å². The number of rotatable bonds is 2. The molecular weight excluding hydrogens is 218 g/mol. The molecule has 1 atom stereocenters. The van der Waals surface area contributed by atoms with Crippen LogP contribution in [0.4, 0.5) is 0 Å². The fraction of sp³-hybridized carbons (Fsp3) is 0.833. The molecule has 1 amide bonds. The molecule has 0 radical (unpaired) electrons. The van der Waals surface area contributed by atoms with Crippen molar-refractivity contribution in [1.29, 1.82) is 0 Å². The summed E-state index contributed by atoms with van der Waals surface area (Å²) in [6.45, 7) is 7.51. The molecule has 5 nitrogen and oxygen atoms in total. The predicted octanol–water partition coefficient (Wildman–Crippen LogP) is 1.41. The van der Waals surface area contributed by atoms with Crippen LogP contribution in [-0.4, -0.2) is 34.9 Å². The topological polar surface area (TPSA) is 78.9 Å². The highest BCUT2D eigenvalue weighted by Crippen LogP contribution is 2.23. The Balaban J connectivity index is 2.58. The summed E-state index contributed by atoms with van der Waals surface area (Å²) >= 11 is 0. The van der Waals surface area contributed by atoms with Gasteiger partial charge in [-0.15, -0.1) is 0 Å². The second-order valence-corrected chi connectivity index (χ2v) is 5.94. The fourth-order valence-corrected chi connectivity index (χ4v) is 2.09. The summed E-state index contributed by atoms with van der Waals surface area (Å²) in [6.07, 6.45) is 2.34. The lowest BCUT2D eigenvalue weighted by Crippen LogP contribution is -2.45. The number of nitrogens with two attached hydrogens (primary N) is 1. The Morgan fingerprint density at radius 2 is 2.18 bits per heavy atom. The molecule has 1 aliphatic rings. The number of hydrogen-bond acceptors (Lipinski definition) is 3. The summed E-state index contributed by atoms with van der Waals surface area (Å²) < 4.78 is 0. The number of likely N-dealkylation sites (tertiary alicyclic amines) is 1. The molecule has 0 spiro atoms. The number of carbonyl (C=O) groups excluding carboxylic acids is 1. The zero-order chi connectivity index (χ0) is 13.1. The molecule has 1 heterocycles. The molecule has 0 aromatic carbocycles. The number of hydrogen-bond donors (Lipinski definition) is 2. The maximum Gasteiger partial charge on any atom is 0.223 e. The monoisotopic (exact) mass is 241 g/mol. The molecule has 0 aliphatic carbocycles. The van der Waals surface area contributed by atoms with Crippen molar-refractivity contribution in [1.82, 2.24) is 4.90 Å². The van der Waals surface area contributed by atoms with Crippen LogP contribution in [0.15, 0.2) is 5.16 Å². The number of amides is 1. The SMILES string of the molecule is CC(C)(C)CC(=O)N1CCCC(C(N)=NO)C1. The lowest BCUT2D eigenvalue weighted by molar-refractivity contribution is -0.134. The van der Waals surface area contributed by atoms with Crippen LogP contribution >= 0.6 is 0 Å². The van der Waals surface area contributed by atoms with Crippen molar-refractivity contribution in [3.05, 3.63) is 0 Å². The maximum atomic E-state index is 12.1. The van der Waals surface area contributed by atoms with Gasteiger partial charge in [0.25, 0.3) is 0 Å². The van der Waals surface area contributed by atoms with Gasteiger partial charge >= 0.3 is 0 Å². The van der Waals surface area contributed by atoms with Gasteiger partial charge in [0.05, 0.1) is 0 Å². The van der Waals surface area contributed by atoms with Crippen LogP contribution in [0.25, 0.3) is 0 Å². The van der Waals surface area contributed by atoms with E-state index in [-0.39, 0.29) is 23.1 Å². The highest BCUT2D eigenvalue weighted by atomic mass is 16.4. The van der Waals surface area contributed by atoms with Gasteiger partial charge in [-0.3, -0.25) is 4.79 Å².